The van der Waals surface area contributed by atoms with Crippen molar-refractivity contribution in [1.82, 2.24) is 4.57 Å². The van der Waals surface area contributed by atoms with E-state index >= 15 is 0 Å². The highest BCUT2D eigenvalue weighted by Gasteiger charge is 2.22. The summed E-state index contributed by atoms with van der Waals surface area (Å²) in [6.07, 6.45) is 0.528. The molecule has 0 aliphatic carbocycles. The van der Waals surface area contributed by atoms with Gasteiger partial charge in [0.05, 0.1) is 0 Å². The molecule has 1 aromatic carbocycles. The van der Waals surface area contributed by atoms with Gasteiger partial charge in [-0.25, -0.2) is 4.79 Å². The minimum absolute atomic E-state index is 0.156. The Morgan fingerprint density at radius 1 is 1.28 bits per heavy atom. The molecule has 0 saturated heterocycles. The summed E-state index contributed by atoms with van der Waals surface area (Å²) in [5, 5.41) is 3.21. The van der Waals surface area contributed by atoms with Crippen LogP contribution in [0.5, 0.6) is 0 Å². The van der Waals surface area contributed by atoms with Crippen LogP contribution in [-0.4, -0.2) is 28.3 Å². The maximum atomic E-state index is 12.2. The molecule has 2 rings (SSSR count). The number of aryl methyl sites for hydroxylation is 1. The van der Waals surface area contributed by atoms with Crippen molar-refractivity contribution in [2.75, 3.05) is 5.32 Å². The fraction of sp³-hybridized carbons (Fsp3) is 0.278. The van der Waals surface area contributed by atoms with Crippen LogP contribution in [0.4, 0.5) is 5.69 Å². The topological polar surface area (TPSA) is 77.4 Å². The first-order chi connectivity index (χ1) is 11.7. The van der Waals surface area contributed by atoms with Gasteiger partial charge in [0, 0.05) is 29.5 Å². The molecule has 0 saturated carbocycles. The molecule has 0 bridgehead atoms. The Balaban J connectivity index is 2.07. The number of hydrogen-bond acceptors (Lipinski definition) is 4. The first-order valence-electron chi connectivity index (χ1n) is 7.65. The number of esters is 1. The van der Waals surface area contributed by atoms with Gasteiger partial charge in [0.1, 0.15) is 5.69 Å². The highest BCUT2D eigenvalue weighted by Crippen LogP contribution is 2.23. The molecule has 0 radical (unpaired) electrons. The van der Waals surface area contributed by atoms with Crippen LogP contribution in [-0.2, 0) is 16.6 Å². The van der Waals surface area contributed by atoms with Crippen molar-refractivity contribution < 1.29 is 19.1 Å². The molecule has 2 aromatic rings. The van der Waals surface area contributed by atoms with Crippen molar-refractivity contribution >= 4 is 34.9 Å². The average Bonchev–Trinajstić information content (AvgIpc) is 2.94. The largest absolute Gasteiger partial charge is 0.448 e. The average molecular weight is 363 g/mol. The number of amides is 1. The lowest BCUT2D eigenvalue weighted by Gasteiger charge is -2.15. The molecule has 0 aliphatic heterocycles. The molecule has 6 nitrogen and oxygen atoms in total. The number of anilines is 1. The van der Waals surface area contributed by atoms with E-state index in [0.29, 0.717) is 16.3 Å². The Hall–Kier alpha value is -2.60. The van der Waals surface area contributed by atoms with Gasteiger partial charge in [-0.05, 0) is 44.5 Å². The highest BCUT2D eigenvalue weighted by atomic mass is 35.5. The summed E-state index contributed by atoms with van der Waals surface area (Å²) < 4.78 is 6.69. The van der Waals surface area contributed by atoms with Crippen molar-refractivity contribution in [1.29, 1.82) is 0 Å². The molecule has 1 atom stereocenters. The van der Waals surface area contributed by atoms with Gasteiger partial charge < -0.3 is 14.6 Å². The molecule has 25 heavy (non-hydrogen) atoms. The molecule has 132 valence electrons. The first kappa shape index (κ1) is 18.7. The molecule has 0 fully saturated rings. The zero-order chi connectivity index (χ0) is 18.7. The van der Waals surface area contributed by atoms with E-state index in [1.165, 1.54) is 24.5 Å². The zero-order valence-corrected chi connectivity index (χ0v) is 15.2. The zero-order valence-electron chi connectivity index (χ0n) is 14.4. The number of carbonyl (C=O) groups is 3. The lowest BCUT2D eigenvalue weighted by molar-refractivity contribution is -0.123. The molecule has 1 amide bonds. The van der Waals surface area contributed by atoms with E-state index in [2.05, 4.69) is 5.32 Å². The van der Waals surface area contributed by atoms with Gasteiger partial charge in [-0.15, -0.1) is 0 Å². The molecule has 0 unspecified atom stereocenters. The normalized spacial score (nSPS) is 11.7. The third kappa shape index (κ3) is 4.28. The molecule has 0 aliphatic rings. The Morgan fingerprint density at radius 2 is 1.96 bits per heavy atom. The standard InChI is InChI=1S/C18H19ClN2O4/c1-10-14(19)6-5-7-15(10)20-17(23)12(3)25-18(24)16-8-13(11(2)22)9-21(16)4/h5-9,12H,1-4H3,(H,20,23)/t12-/m0/s1. The molecule has 1 N–H and O–H groups in total. The maximum Gasteiger partial charge on any atom is 0.355 e. The number of ether oxygens (including phenoxy) is 1. The lowest BCUT2D eigenvalue weighted by Crippen LogP contribution is -2.30. The first-order valence-corrected chi connectivity index (χ1v) is 8.02. The second-order valence-electron chi connectivity index (χ2n) is 5.73. The van der Waals surface area contributed by atoms with E-state index in [9.17, 15) is 14.4 Å². The van der Waals surface area contributed by atoms with Crippen molar-refractivity contribution in [3.63, 3.8) is 0 Å². The number of rotatable bonds is 5. The summed E-state index contributed by atoms with van der Waals surface area (Å²) in [5.41, 5.74) is 1.88. The van der Waals surface area contributed by atoms with Crippen molar-refractivity contribution in [2.24, 2.45) is 7.05 Å². The Morgan fingerprint density at radius 3 is 2.56 bits per heavy atom. The van der Waals surface area contributed by atoms with E-state index < -0.39 is 18.0 Å². The summed E-state index contributed by atoms with van der Waals surface area (Å²) in [4.78, 5) is 35.9. The van der Waals surface area contributed by atoms with Gasteiger partial charge in [0.2, 0.25) is 0 Å². The number of aromatic nitrogens is 1. The van der Waals surface area contributed by atoms with E-state index in [1.54, 1.807) is 38.4 Å². The van der Waals surface area contributed by atoms with Gasteiger partial charge >= 0.3 is 5.97 Å². The Kier molecular flexibility index (Phi) is 5.64. The second kappa shape index (κ2) is 7.53. The number of nitrogens with zero attached hydrogens (tertiary/aromatic N) is 1. The molecule has 0 spiro atoms. The van der Waals surface area contributed by atoms with E-state index in [0.717, 1.165) is 5.56 Å². The van der Waals surface area contributed by atoms with Crippen LogP contribution in [0.1, 0.15) is 40.3 Å². The number of benzene rings is 1. The Labute approximate surface area is 150 Å². The molecule has 1 heterocycles. The van der Waals surface area contributed by atoms with Crippen LogP contribution < -0.4 is 5.32 Å². The van der Waals surface area contributed by atoms with Crippen LogP contribution in [0.15, 0.2) is 30.5 Å². The fourth-order valence-electron chi connectivity index (χ4n) is 2.21. The third-order valence-corrected chi connectivity index (χ3v) is 4.21. The number of halogens is 1. The second-order valence-corrected chi connectivity index (χ2v) is 6.14. The number of nitrogens with one attached hydrogen (secondary N) is 1. The van der Waals surface area contributed by atoms with Crippen LogP contribution in [0.3, 0.4) is 0 Å². The highest BCUT2D eigenvalue weighted by molar-refractivity contribution is 6.31. The smallest absolute Gasteiger partial charge is 0.355 e. The molecule has 7 heteroatoms. The third-order valence-electron chi connectivity index (χ3n) is 3.80. The number of ketones is 1. The molecular weight excluding hydrogens is 344 g/mol. The van der Waals surface area contributed by atoms with Crippen LogP contribution in [0.25, 0.3) is 0 Å². The fourth-order valence-corrected chi connectivity index (χ4v) is 2.39. The van der Waals surface area contributed by atoms with Crippen molar-refractivity contribution in [3.05, 3.63) is 52.3 Å². The Bertz CT molecular complexity index is 842. The lowest BCUT2D eigenvalue weighted by atomic mass is 10.2. The minimum Gasteiger partial charge on any atom is -0.448 e. The molecule has 1 aromatic heterocycles. The SMILES string of the molecule is CC(=O)c1cc(C(=O)O[C@@H](C)C(=O)Nc2cccc(Cl)c2C)n(C)c1. The maximum absolute atomic E-state index is 12.2. The van der Waals surface area contributed by atoms with E-state index in [4.69, 9.17) is 16.3 Å². The summed E-state index contributed by atoms with van der Waals surface area (Å²) >= 11 is 6.02. The van der Waals surface area contributed by atoms with E-state index in [-0.39, 0.29) is 11.5 Å². The van der Waals surface area contributed by atoms with Gasteiger partial charge in [-0.1, -0.05) is 17.7 Å². The predicted octanol–water partition coefficient (Wildman–Crippen LogP) is 3.37. The van der Waals surface area contributed by atoms with Crippen molar-refractivity contribution in [3.8, 4) is 0 Å². The predicted molar refractivity (Wildman–Crippen MR) is 95.1 cm³/mol. The van der Waals surface area contributed by atoms with E-state index in [1.807, 2.05) is 0 Å². The number of carbonyl (C=O) groups excluding carboxylic acids is 3. The van der Waals surface area contributed by atoms with Crippen LogP contribution in [0, 0.1) is 6.92 Å². The van der Waals surface area contributed by atoms with Crippen molar-refractivity contribution in [2.45, 2.75) is 26.9 Å². The van der Waals surface area contributed by atoms with Crippen LogP contribution >= 0.6 is 11.6 Å². The quantitative estimate of drug-likeness (QED) is 0.653. The number of hydrogen-bond donors (Lipinski definition) is 1. The molecular formula is C18H19ClN2O4. The van der Waals surface area contributed by atoms with Crippen LogP contribution in [0.2, 0.25) is 5.02 Å². The van der Waals surface area contributed by atoms with Gasteiger partial charge in [-0.2, -0.15) is 0 Å². The monoisotopic (exact) mass is 362 g/mol. The summed E-state index contributed by atoms with van der Waals surface area (Å²) in [5.74, 6) is -1.31. The van der Waals surface area contributed by atoms with Gasteiger partial charge in [-0.3, -0.25) is 9.59 Å². The minimum atomic E-state index is -1.01. The van der Waals surface area contributed by atoms with Gasteiger partial charge in [0.15, 0.2) is 11.9 Å². The number of Topliss-reactive ketones (excluding diaryl/α,β-unsaturated/α-hetero) is 1. The summed E-state index contributed by atoms with van der Waals surface area (Å²) in [6, 6.07) is 6.59. The summed E-state index contributed by atoms with van der Waals surface area (Å²) in [7, 11) is 1.63. The summed E-state index contributed by atoms with van der Waals surface area (Å²) in [6.45, 7) is 4.66. The van der Waals surface area contributed by atoms with Gasteiger partial charge in [0.25, 0.3) is 5.91 Å².